The van der Waals surface area contributed by atoms with E-state index < -0.39 is 0 Å². The summed E-state index contributed by atoms with van der Waals surface area (Å²) in [5, 5.41) is 6.54. The van der Waals surface area contributed by atoms with Crippen LogP contribution < -0.4 is 15.4 Å². The van der Waals surface area contributed by atoms with Crippen LogP contribution in [0.2, 0.25) is 0 Å². The van der Waals surface area contributed by atoms with Gasteiger partial charge in [0.1, 0.15) is 5.75 Å². The Kier molecular flexibility index (Phi) is 6.05. The normalized spacial score (nSPS) is 19.8. The van der Waals surface area contributed by atoms with E-state index in [1.54, 1.807) is 7.11 Å². The van der Waals surface area contributed by atoms with Gasteiger partial charge in [0.15, 0.2) is 0 Å². The summed E-state index contributed by atoms with van der Waals surface area (Å²) < 4.78 is 5.14. The van der Waals surface area contributed by atoms with Crippen LogP contribution in [0.1, 0.15) is 50.6 Å². The van der Waals surface area contributed by atoms with Crippen LogP contribution in [0.15, 0.2) is 24.3 Å². The Morgan fingerprint density at radius 2 is 2.14 bits per heavy atom. The second-order valence-corrected chi connectivity index (χ2v) is 5.75. The lowest BCUT2D eigenvalue weighted by Crippen LogP contribution is -2.35. The molecular formula is C17H26N2O2. The fourth-order valence-electron chi connectivity index (χ4n) is 2.77. The zero-order valence-electron chi connectivity index (χ0n) is 13.0. The molecule has 2 N–H and O–H groups in total. The van der Waals surface area contributed by atoms with Crippen molar-refractivity contribution in [3.05, 3.63) is 29.8 Å². The average molecular weight is 290 g/mol. The number of hydrogen-bond donors (Lipinski definition) is 2. The van der Waals surface area contributed by atoms with E-state index in [0.29, 0.717) is 12.5 Å². The van der Waals surface area contributed by atoms with Crippen LogP contribution in [-0.2, 0) is 4.79 Å². The van der Waals surface area contributed by atoms with Gasteiger partial charge in [-0.3, -0.25) is 4.79 Å². The van der Waals surface area contributed by atoms with Gasteiger partial charge < -0.3 is 15.4 Å². The van der Waals surface area contributed by atoms with Gasteiger partial charge in [0, 0.05) is 12.5 Å². The standard InChI is InChI=1S/C17H26N2O2/c1-13(14-6-9-16(21-2)10-7-14)19-17(20)11-8-15-5-3-4-12-18-15/h6-7,9-10,13,15,18H,3-5,8,11-12H2,1-2H3,(H,19,20). The van der Waals surface area contributed by atoms with Crippen LogP contribution in [0, 0.1) is 0 Å². The molecule has 0 aromatic heterocycles. The van der Waals surface area contributed by atoms with Crippen LogP contribution in [0.4, 0.5) is 0 Å². The van der Waals surface area contributed by atoms with Crippen LogP contribution in [-0.4, -0.2) is 25.6 Å². The van der Waals surface area contributed by atoms with E-state index >= 15 is 0 Å². The molecule has 4 heteroatoms. The van der Waals surface area contributed by atoms with Crippen LogP contribution in [0.3, 0.4) is 0 Å². The van der Waals surface area contributed by atoms with Gasteiger partial charge in [0.25, 0.3) is 0 Å². The largest absolute Gasteiger partial charge is 0.497 e. The molecule has 1 aliphatic rings. The predicted octanol–water partition coefficient (Wildman–Crippen LogP) is 2.79. The lowest BCUT2D eigenvalue weighted by Gasteiger charge is -2.23. The van der Waals surface area contributed by atoms with Crippen molar-refractivity contribution in [2.45, 2.75) is 51.1 Å². The summed E-state index contributed by atoms with van der Waals surface area (Å²) in [6, 6.07) is 8.37. The Hall–Kier alpha value is -1.55. The summed E-state index contributed by atoms with van der Waals surface area (Å²) in [4.78, 5) is 12.0. The summed E-state index contributed by atoms with van der Waals surface area (Å²) in [6.45, 7) is 3.10. The minimum Gasteiger partial charge on any atom is -0.497 e. The van der Waals surface area contributed by atoms with Crippen molar-refractivity contribution >= 4 is 5.91 Å². The predicted molar refractivity (Wildman–Crippen MR) is 84.4 cm³/mol. The topological polar surface area (TPSA) is 50.4 Å². The molecule has 1 aromatic rings. The summed E-state index contributed by atoms with van der Waals surface area (Å²) in [5.41, 5.74) is 1.10. The number of hydrogen-bond acceptors (Lipinski definition) is 3. The molecule has 0 spiro atoms. The number of piperidine rings is 1. The second-order valence-electron chi connectivity index (χ2n) is 5.75. The number of nitrogens with one attached hydrogen (secondary N) is 2. The maximum absolute atomic E-state index is 12.0. The first-order chi connectivity index (χ1) is 10.2. The lowest BCUT2D eigenvalue weighted by molar-refractivity contribution is -0.122. The molecular weight excluding hydrogens is 264 g/mol. The molecule has 1 saturated heterocycles. The molecule has 116 valence electrons. The minimum atomic E-state index is 0.0303. The van der Waals surface area contributed by atoms with Crippen molar-refractivity contribution in [1.82, 2.24) is 10.6 Å². The van der Waals surface area contributed by atoms with Crippen molar-refractivity contribution in [1.29, 1.82) is 0 Å². The molecule has 1 amide bonds. The Bertz CT molecular complexity index is 439. The van der Waals surface area contributed by atoms with Gasteiger partial charge in [-0.05, 0) is 50.4 Å². The Morgan fingerprint density at radius 3 is 2.76 bits per heavy atom. The zero-order valence-corrected chi connectivity index (χ0v) is 13.0. The van der Waals surface area contributed by atoms with E-state index in [9.17, 15) is 4.79 Å². The number of carbonyl (C=O) groups is 1. The van der Waals surface area contributed by atoms with E-state index in [1.165, 1.54) is 19.3 Å². The number of benzene rings is 1. The maximum atomic E-state index is 12.0. The average Bonchev–Trinajstić information content (AvgIpc) is 2.54. The first-order valence-electron chi connectivity index (χ1n) is 7.85. The van der Waals surface area contributed by atoms with E-state index in [-0.39, 0.29) is 11.9 Å². The van der Waals surface area contributed by atoms with Crippen LogP contribution >= 0.6 is 0 Å². The third-order valence-corrected chi connectivity index (χ3v) is 4.13. The van der Waals surface area contributed by atoms with Crippen molar-refractivity contribution in [2.24, 2.45) is 0 Å². The molecule has 1 aromatic carbocycles. The third kappa shape index (κ3) is 5.05. The highest BCUT2D eigenvalue weighted by Gasteiger charge is 2.15. The number of methoxy groups -OCH3 is 1. The third-order valence-electron chi connectivity index (χ3n) is 4.13. The summed E-state index contributed by atoms with van der Waals surface area (Å²) in [6.07, 6.45) is 5.26. The van der Waals surface area contributed by atoms with Crippen molar-refractivity contribution in [3.63, 3.8) is 0 Å². The van der Waals surface area contributed by atoms with Gasteiger partial charge in [-0.2, -0.15) is 0 Å². The van der Waals surface area contributed by atoms with Crippen molar-refractivity contribution in [3.8, 4) is 5.75 Å². The molecule has 0 aliphatic carbocycles. The molecule has 2 unspecified atom stereocenters. The van der Waals surface area contributed by atoms with Crippen molar-refractivity contribution in [2.75, 3.05) is 13.7 Å². The smallest absolute Gasteiger partial charge is 0.220 e. The summed E-state index contributed by atoms with van der Waals surface area (Å²) >= 11 is 0. The molecule has 0 bridgehead atoms. The Labute approximate surface area is 127 Å². The van der Waals surface area contributed by atoms with Crippen LogP contribution in [0.5, 0.6) is 5.75 Å². The van der Waals surface area contributed by atoms with Gasteiger partial charge in [0.2, 0.25) is 5.91 Å². The van der Waals surface area contributed by atoms with E-state index in [4.69, 9.17) is 4.74 Å². The van der Waals surface area contributed by atoms with Gasteiger partial charge in [-0.25, -0.2) is 0 Å². The highest BCUT2D eigenvalue weighted by atomic mass is 16.5. The van der Waals surface area contributed by atoms with Gasteiger partial charge in [-0.1, -0.05) is 18.6 Å². The SMILES string of the molecule is COc1ccc(C(C)NC(=O)CCC2CCCCN2)cc1. The van der Waals surface area contributed by atoms with Gasteiger partial charge in [0.05, 0.1) is 13.2 Å². The van der Waals surface area contributed by atoms with E-state index in [0.717, 1.165) is 24.3 Å². The fourth-order valence-corrected chi connectivity index (χ4v) is 2.77. The quantitative estimate of drug-likeness (QED) is 0.847. The van der Waals surface area contributed by atoms with Crippen LogP contribution in [0.25, 0.3) is 0 Å². The molecule has 2 rings (SSSR count). The second kappa shape index (κ2) is 8.03. The number of amides is 1. The summed E-state index contributed by atoms with van der Waals surface area (Å²) in [7, 11) is 1.65. The fraction of sp³-hybridized carbons (Fsp3) is 0.588. The first kappa shape index (κ1) is 15.8. The Morgan fingerprint density at radius 1 is 1.38 bits per heavy atom. The molecule has 0 saturated carbocycles. The minimum absolute atomic E-state index is 0.0303. The molecule has 1 heterocycles. The molecule has 1 aliphatic heterocycles. The van der Waals surface area contributed by atoms with E-state index in [2.05, 4.69) is 10.6 Å². The monoisotopic (exact) mass is 290 g/mol. The Balaban J connectivity index is 1.75. The molecule has 21 heavy (non-hydrogen) atoms. The number of ether oxygens (including phenoxy) is 1. The summed E-state index contributed by atoms with van der Waals surface area (Å²) in [5.74, 6) is 0.964. The molecule has 4 nitrogen and oxygen atoms in total. The van der Waals surface area contributed by atoms with Crippen molar-refractivity contribution < 1.29 is 9.53 Å². The molecule has 1 fully saturated rings. The number of carbonyl (C=O) groups excluding carboxylic acids is 1. The molecule has 2 atom stereocenters. The first-order valence-corrected chi connectivity index (χ1v) is 7.85. The highest BCUT2D eigenvalue weighted by Crippen LogP contribution is 2.18. The lowest BCUT2D eigenvalue weighted by atomic mass is 10.00. The molecule has 0 radical (unpaired) electrons. The van der Waals surface area contributed by atoms with Gasteiger partial charge in [-0.15, -0.1) is 0 Å². The van der Waals surface area contributed by atoms with Gasteiger partial charge >= 0.3 is 0 Å². The maximum Gasteiger partial charge on any atom is 0.220 e. The highest BCUT2D eigenvalue weighted by molar-refractivity contribution is 5.76. The number of rotatable bonds is 6. The van der Waals surface area contributed by atoms with E-state index in [1.807, 2.05) is 31.2 Å². The zero-order chi connectivity index (χ0) is 15.1.